The van der Waals surface area contributed by atoms with Crippen LogP contribution in [0.15, 0.2) is 24.3 Å². The molecule has 1 atom stereocenters. The van der Waals surface area contributed by atoms with Crippen LogP contribution in [0.1, 0.15) is 30.4 Å². The van der Waals surface area contributed by atoms with Crippen LogP contribution in [-0.2, 0) is 17.9 Å². The Morgan fingerprint density at radius 1 is 1.12 bits per heavy atom. The lowest BCUT2D eigenvalue weighted by molar-refractivity contribution is 0.142. The van der Waals surface area contributed by atoms with E-state index in [2.05, 4.69) is 17.4 Å². The number of aliphatic hydroxyl groups excluding tert-OH is 1. The van der Waals surface area contributed by atoms with Crippen LogP contribution >= 0.6 is 0 Å². The van der Waals surface area contributed by atoms with Gasteiger partial charge in [0, 0.05) is 25.8 Å². The summed E-state index contributed by atoms with van der Waals surface area (Å²) in [6, 6.07) is 8.69. The van der Waals surface area contributed by atoms with Crippen LogP contribution in [0.4, 0.5) is 0 Å². The fourth-order valence-corrected chi connectivity index (χ4v) is 2.13. The molecule has 1 heterocycles. The first-order chi connectivity index (χ1) is 8.38. The van der Waals surface area contributed by atoms with Gasteiger partial charge in [-0.05, 0) is 30.4 Å². The Bertz CT molecular complexity index is 315. The van der Waals surface area contributed by atoms with Crippen molar-refractivity contribution in [1.82, 2.24) is 5.32 Å². The highest BCUT2D eigenvalue weighted by molar-refractivity contribution is 5.21. The first-order valence-corrected chi connectivity index (χ1v) is 6.38. The Morgan fingerprint density at radius 3 is 2.65 bits per heavy atom. The van der Waals surface area contributed by atoms with E-state index in [0.29, 0.717) is 6.04 Å². The van der Waals surface area contributed by atoms with Gasteiger partial charge in [0.25, 0.3) is 0 Å². The third kappa shape index (κ3) is 4.11. The average Bonchev–Trinajstić information content (AvgIpc) is 2.65. The van der Waals surface area contributed by atoms with Gasteiger partial charge in [-0.1, -0.05) is 24.3 Å². The predicted molar refractivity (Wildman–Crippen MR) is 67.7 cm³/mol. The Morgan fingerprint density at radius 2 is 1.88 bits per heavy atom. The van der Waals surface area contributed by atoms with Crippen LogP contribution in [0.2, 0.25) is 0 Å². The maximum atomic E-state index is 8.96. The minimum Gasteiger partial charge on any atom is -0.392 e. The molecule has 1 aromatic carbocycles. The first-order valence-electron chi connectivity index (χ1n) is 6.38. The second-order valence-electron chi connectivity index (χ2n) is 4.60. The Labute approximate surface area is 103 Å². The molecule has 1 aromatic rings. The zero-order chi connectivity index (χ0) is 11.9. The molecule has 0 saturated carbocycles. The van der Waals surface area contributed by atoms with E-state index in [0.717, 1.165) is 38.2 Å². The number of hydrogen-bond donors (Lipinski definition) is 2. The molecule has 0 amide bonds. The standard InChI is InChI=1S/C14H21NO2/c16-11-13-5-3-12(4-6-13)10-15-14-2-1-8-17-9-7-14/h3-6,14-16H,1-2,7-11H2. The molecule has 1 unspecified atom stereocenters. The van der Waals surface area contributed by atoms with E-state index in [1.807, 2.05) is 12.1 Å². The quantitative estimate of drug-likeness (QED) is 0.836. The van der Waals surface area contributed by atoms with Gasteiger partial charge >= 0.3 is 0 Å². The van der Waals surface area contributed by atoms with Crippen LogP contribution in [0.3, 0.4) is 0 Å². The van der Waals surface area contributed by atoms with Crippen molar-refractivity contribution in [1.29, 1.82) is 0 Å². The maximum Gasteiger partial charge on any atom is 0.0681 e. The lowest BCUT2D eigenvalue weighted by Gasteiger charge is -2.15. The summed E-state index contributed by atoms with van der Waals surface area (Å²) < 4.78 is 5.44. The van der Waals surface area contributed by atoms with Crippen LogP contribution in [0.5, 0.6) is 0 Å². The highest BCUT2D eigenvalue weighted by atomic mass is 16.5. The highest BCUT2D eigenvalue weighted by Crippen LogP contribution is 2.10. The van der Waals surface area contributed by atoms with Gasteiger partial charge in [-0.15, -0.1) is 0 Å². The molecule has 0 radical (unpaired) electrons. The Kier molecular flexibility index (Phi) is 4.98. The number of benzene rings is 1. The van der Waals surface area contributed by atoms with E-state index in [1.165, 1.54) is 12.0 Å². The largest absolute Gasteiger partial charge is 0.392 e. The molecule has 94 valence electrons. The topological polar surface area (TPSA) is 41.5 Å². The smallest absolute Gasteiger partial charge is 0.0681 e. The first kappa shape index (κ1) is 12.6. The van der Waals surface area contributed by atoms with E-state index < -0.39 is 0 Å². The Balaban J connectivity index is 1.79. The number of rotatable bonds is 4. The summed E-state index contributed by atoms with van der Waals surface area (Å²) in [6.45, 7) is 2.80. The second-order valence-corrected chi connectivity index (χ2v) is 4.60. The van der Waals surface area contributed by atoms with Gasteiger partial charge in [0.1, 0.15) is 0 Å². The third-order valence-electron chi connectivity index (χ3n) is 3.25. The molecule has 0 aromatic heterocycles. The molecule has 2 rings (SSSR count). The molecule has 1 fully saturated rings. The maximum absolute atomic E-state index is 8.96. The van der Waals surface area contributed by atoms with Crippen molar-refractivity contribution < 1.29 is 9.84 Å². The minimum atomic E-state index is 0.119. The second kappa shape index (κ2) is 6.74. The molecule has 2 N–H and O–H groups in total. The van der Waals surface area contributed by atoms with Gasteiger partial charge in [0.05, 0.1) is 6.61 Å². The van der Waals surface area contributed by atoms with Crippen molar-refractivity contribution in [2.75, 3.05) is 13.2 Å². The molecule has 3 nitrogen and oxygen atoms in total. The van der Waals surface area contributed by atoms with E-state index in [4.69, 9.17) is 9.84 Å². The number of aliphatic hydroxyl groups is 1. The molecule has 17 heavy (non-hydrogen) atoms. The van der Waals surface area contributed by atoms with Crippen LogP contribution in [0.25, 0.3) is 0 Å². The predicted octanol–water partition coefficient (Wildman–Crippen LogP) is 1.84. The van der Waals surface area contributed by atoms with Crippen LogP contribution in [-0.4, -0.2) is 24.4 Å². The summed E-state index contributed by atoms with van der Waals surface area (Å²) in [6.07, 6.45) is 3.46. The number of ether oxygens (including phenoxy) is 1. The van der Waals surface area contributed by atoms with Crippen LogP contribution < -0.4 is 5.32 Å². The summed E-state index contributed by atoms with van der Waals surface area (Å²) in [4.78, 5) is 0. The molecule has 1 aliphatic heterocycles. The third-order valence-corrected chi connectivity index (χ3v) is 3.25. The average molecular weight is 235 g/mol. The van der Waals surface area contributed by atoms with Gasteiger partial charge in [-0.25, -0.2) is 0 Å². The molecule has 1 saturated heterocycles. The molecular weight excluding hydrogens is 214 g/mol. The molecule has 3 heteroatoms. The van der Waals surface area contributed by atoms with Gasteiger partial charge < -0.3 is 15.2 Å². The Hall–Kier alpha value is -0.900. The van der Waals surface area contributed by atoms with Crippen molar-refractivity contribution >= 4 is 0 Å². The van der Waals surface area contributed by atoms with Crippen molar-refractivity contribution in [3.05, 3.63) is 35.4 Å². The van der Waals surface area contributed by atoms with E-state index in [9.17, 15) is 0 Å². The lowest BCUT2D eigenvalue weighted by Crippen LogP contribution is -2.28. The van der Waals surface area contributed by atoms with Crippen molar-refractivity contribution in [2.45, 2.75) is 38.5 Å². The molecule has 0 aliphatic carbocycles. The molecule has 0 bridgehead atoms. The SMILES string of the molecule is OCc1ccc(CNC2CCCOCC2)cc1. The van der Waals surface area contributed by atoms with Crippen molar-refractivity contribution in [2.24, 2.45) is 0 Å². The fraction of sp³-hybridized carbons (Fsp3) is 0.571. The lowest BCUT2D eigenvalue weighted by atomic mass is 10.1. The summed E-state index contributed by atoms with van der Waals surface area (Å²) in [7, 11) is 0. The van der Waals surface area contributed by atoms with Gasteiger partial charge in [-0.3, -0.25) is 0 Å². The summed E-state index contributed by atoms with van der Waals surface area (Å²) >= 11 is 0. The van der Waals surface area contributed by atoms with Crippen molar-refractivity contribution in [3.63, 3.8) is 0 Å². The van der Waals surface area contributed by atoms with E-state index in [-0.39, 0.29) is 6.61 Å². The monoisotopic (exact) mass is 235 g/mol. The fourth-order valence-electron chi connectivity index (χ4n) is 2.13. The number of nitrogens with one attached hydrogen (secondary N) is 1. The summed E-state index contributed by atoms with van der Waals surface area (Å²) in [5.41, 5.74) is 2.24. The number of hydrogen-bond acceptors (Lipinski definition) is 3. The van der Waals surface area contributed by atoms with Crippen molar-refractivity contribution in [3.8, 4) is 0 Å². The molecule has 0 spiro atoms. The van der Waals surface area contributed by atoms with Crippen LogP contribution in [0, 0.1) is 0 Å². The van der Waals surface area contributed by atoms with Gasteiger partial charge in [-0.2, -0.15) is 0 Å². The minimum absolute atomic E-state index is 0.119. The van der Waals surface area contributed by atoms with Gasteiger partial charge in [0.15, 0.2) is 0 Å². The normalized spacial score (nSPS) is 21.1. The summed E-state index contributed by atoms with van der Waals surface area (Å²) in [5.74, 6) is 0. The zero-order valence-electron chi connectivity index (χ0n) is 10.2. The van der Waals surface area contributed by atoms with E-state index in [1.54, 1.807) is 0 Å². The highest BCUT2D eigenvalue weighted by Gasteiger charge is 2.11. The summed E-state index contributed by atoms with van der Waals surface area (Å²) in [5, 5.41) is 12.5. The molecular formula is C14H21NO2. The van der Waals surface area contributed by atoms with E-state index >= 15 is 0 Å². The van der Waals surface area contributed by atoms with Gasteiger partial charge in [0.2, 0.25) is 0 Å². The molecule has 1 aliphatic rings. The zero-order valence-corrected chi connectivity index (χ0v) is 10.2.